The highest BCUT2D eigenvalue weighted by Gasteiger charge is 2.47. The Morgan fingerprint density at radius 2 is 1.17 bits per heavy atom. The predicted octanol–water partition coefficient (Wildman–Crippen LogP) is 5.33. The van der Waals surface area contributed by atoms with Gasteiger partial charge in [-0.15, -0.1) is 0 Å². The third-order valence-corrected chi connectivity index (χ3v) is 5.26. The summed E-state index contributed by atoms with van der Waals surface area (Å²) in [7, 11) is 2.99. The molecule has 8 heteroatoms. The minimum Gasteiger partial charge on any atom is -0.497 e. The molecule has 0 spiro atoms. The molecule has 0 atom stereocenters. The van der Waals surface area contributed by atoms with Crippen LogP contribution < -0.4 is 18.9 Å². The average molecular weight is 441 g/mol. The van der Waals surface area contributed by atoms with Gasteiger partial charge in [-0.25, -0.2) is 0 Å². The molecule has 2 rings (SSSR count). The van der Waals surface area contributed by atoms with E-state index in [0.717, 1.165) is 0 Å². The summed E-state index contributed by atoms with van der Waals surface area (Å²) in [5.41, 5.74) is -1.52. The zero-order chi connectivity index (χ0) is 21.6. The Hall–Kier alpha value is -2.44. The van der Waals surface area contributed by atoms with Crippen LogP contribution in [-0.2, 0) is 9.59 Å². The highest BCUT2D eigenvalue weighted by atomic mass is 35.5. The standard InChI is InChI=1S/C21H22Cl2O6/c1-5-21(6-2,19(24)28-17-9-7-13(26-3)11-15(17)22)20(25)29-18-10-8-14(27-4)12-16(18)23/h7-12H,5-6H2,1-4H3. The molecule has 0 aromatic heterocycles. The summed E-state index contributed by atoms with van der Waals surface area (Å²) >= 11 is 12.3. The number of benzene rings is 2. The molecule has 0 aliphatic heterocycles. The van der Waals surface area contributed by atoms with Crippen LogP contribution in [0.5, 0.6) is 23.0 Å². The molecule has 0 saturated heterocycles. The molecule has 0 heterocycles. The SMILES string of the molecule is CCC(CC)(C(=O)Oc1ccc(OC)cc1Cl)C(=O)Oc1ccc(OC)cc1Cl. The Morgan fingerprint density at radius 3 is 1.45 bits per heavy atom. The first-order valence-electron chi connectivity index (χ1n) is 8.92. The van der Waals surface area contributed by atoms with Gasteiger partial charge in [0, 0.05) is 12.1 Å². The maximum atomic E-state index is 13.0. The van der Waals surface area contributed by atoms with E-state index in [1.165, 1.54) is 38.5 Å². The van der Waals surface area contributed by atoms with E-state index in [-0.39, 0.29) is 34.4 Å². The van der Waals surface area contributed by atoms with E-state index in [9.17, 15) is 9.59 Å². The van der Waals surface area contributed by atoms with E-state index >= 15 is 0 Å². The number of carbonyl (C=O) groups is 2. The fourth-order valence-corrected chi connectivity index (χ4v) is 3.11. The van der Waals surface area contributed by atoms with Crippen molar-refractivity contribution in [3.63, 3.8) is 0 Å². The van der Waals surface area contributed by atoms with E-state index in [1.807, 2.05) is 0 Å². The summed E-state index contributed by atoms with van der Waals surface area (Å²) in [6, 6.07) is 9.23. The molecule has 0 bridgehead atoms. The fourth-order valence-electron chi connectivity index (χ4n) is 2.69. The van der Waals surface area contributed by atoms with Crippen molar-refractivity contribution in [3.05, 3.63) is 46.4 Å². The highest BCUT2D eigenvalue weighted by Crippen LogP contribution is 2.36. The van der Waals surface area contributed by atoms with Crippen LogP contribution >= 0.6 is 23.2 Å². The van der Waals surface area contributed by atoms with Crippen LogP contribution in [-0.4, -0.2) is 26.2 Å². The molecule has 2 aromatic rings. The summed E-state index contributed by atoms with van der Waals surface area (Å²) in [6.45, 7) is 3.41. The van der Waals surface area contributed by atoms with E-state index in [4.69, 9.17) is 42.1 Å². The smallest absolute Gasteiger partial charge is 0.328 e. The zero-order valence-corrected chi connectivity index (χ0v) is 18.1. The van der Waals surface area contributed by atoms with Crippen LogP contribution in [0.15, 0.2) is 36.4 Å². The first-order valence-corrected chi connectivity index (χ1v) is 9.68. The van der Waals surface area contributed by atoms with Crippen LogP contribution in [0.2, 0.25) is 10.0 Å². The number of halogens is 2. The van der Waals surface area contributed by atoms with Crippen molar-refractivity contribution in [2.75, 3.05) is 14.2 Å². The van der Waals surface area contributed by atoms with E-state index in [0.29, 0.717) is 11.5 Å². The Kier molecular flexibility index (Phi) is 7.76. The van der Waals surface area contributed by atoms with Gasteiger partial charge in [0.05, 0.1) is 24.3 Å². The molecule has 2 aromatic carbocycles. The first kappa shape index (κ1) is 22.8. The lowest BCUT2D eigenvalue weighted by atomic mass is 9.82. The molecular weight excluding hydrogens is 419 g/mol. The Balaban J connectivity index is 2.27. The summed E-state index contributed by atoms with van der Waals surface area (Å²) in [4.78, 5) is 25.9. The van der Waals surface area contributed by atoms with Crippen LogP contribution in [0.1, 0.15) is 26.7 Å². The quantitative estimate of drug-likeness (QED) is 0.313. The van der Waals surface area contributed by atoms with Crippen LogP contribution in [0.3, 0.4) is 0 Å². The van der Waals surface area contributed by atoms with Crippen LogP contribution in [0.4, 0.5) is 0 Å². The van der Waals surface area contributed by atoms with Crippen molar-refractivity contribution in [1.29, 1.82) is 0 Å². The fraction of sp³-hybridized carbons (Fsp3) is 0.333. The van der Waals surface area contributed by atoms with Gasteiger partial charge in [-0.1, -0.05) is 37.0 Å². The molecule has 0 saturated carbocycles. The number of carbonyl (C=O) groups excluding carboxylic acids is 2. The van der Waals surface area contributed by atoms with E-state index in [2.05, 4.69) is 0 Å². The van der Waals surface area contributed by atoms with Crippen molar-refractivity contribution in [3.8, 4) is 23.0 Å². The van der Waals surface area contributed by atoms with Crippen molar-refractivity contribution in [2.24, 2.45) is 5.41 Å². The van der Waals surface area contributed by atoms with Crippen molar-refractivity contribution < 1.29 is 28.5 Å². The Labute approximate surface area is 179 Å². The Bertz CT molecular complexity index is 823. The third-order valence-electron chi connectivity index (χ3n) is 4.67. The number of hydrogen-bond donors (Lipinski definition) is 0. The third kappa shape index (κ3) is 4.95. The number of esters is 2. The molecule has 0 amide bonds. The lowest BCUT2D eigenvalue weighted by Crippen LogP contribution is -2.44. The van der Waals surface area contributed by atoms with Gasteiger partial charge < -0.3 is 18.9 Å². The molecule has 156 valence electrons. The molecule has 29 heavy (non-hydrogen) atoms. The van der Waals surface area contributed by atoms with Gasteiger partial charge in [-0.05, 0) is 37.1 Å². The van der Waals surface area contributed by atoms with Crippen LogP contribution in [0.25, 0.3) is 0 Å². The zero-order valence-electron chi connectivity index (χ0n) is 16.6. The Morgan fingerprint density at radius 1 is 0.793 bits per heavy atom. The molecular formula is C21H22Cl2O6. The maximum Gasteiger partial charge on any atom is 0.328 e. The second-order valence-corrected chi connectivity index (χ2v) is 6.98. The summed E-state index contributed by atoms with van der Waals surface area (Å²) in [5, 5.41) is 0.371. The topological polar surface area (TPSA) is 71.1 Å². The molecule has 0 radical (unpaired) electrons. The van der Waals surface area contributed by atoms with E-state index < -0.39 is 17.4 Å². The number of methoxy groups -OCH3 is 2. The van der Waals surface area contributed by atoms with Gasteiger partial charge in [-0.2, -0.15) is 0 Å². The van der Waals surface area contributed by atoms with E-state index in [1.54, 1.807) is 26.0 Å². The monoisotopic (exact) mass is 440 g/mol. The maximum absolute atomic E-state index is 13.0. The minimum absolute atomic E-state index is 0.124. The first-order chi connectivity index (χ1) is 13.8. The summed E-state index contributed by atoms with van der Waals surface area (Å²) in [6.07, 6.45) is 0.339. The second-order valence-electron chi connectivity index (χ2n) is 6.16. The van der Waals surface area contributed by atoms with Gasteiger partial charge in [0.25, 0.3) is 0 Å². The number of rotatable bonds is 8. The summed E-state index contributed by atoms with van der Waals surface area (Å²) < 4.78 is 21.0. The lowest BCUT2D eigenvalue weighted by molar-refractivity contribution is -0.161. The van der Waals surface area contributed by atoms with Crippen LogP contribution in [0, 0.1) is 5.41 Å². The lowest BCUT2D eigenvalue weighted by Gasteiger charge is -2.27. The van der Waals surface area contributed by atoms with Gasteiger partial charge >= 0.3 is 11.9 Å². The molecule has 0 fully saturated rings. The normalized spacial score (nSPS) is 11.0. The number of ether oxygens (including phenoxy) is 4. The van der Waals surface area contributed by atoms with Crippen molar-refractivity contribution >= 4 is 35.1 Å². The van der Waals surface area contributed by atoms with Crippen molar-refractivity contribution in [2.45, 2.75) is 26.7 Å². The average Bonchev–Trinajstić information content (AvgIpc) is 2.72. The molecule has 0 aliphatic rings. The van der Waals surface area contributed by atoms with Gasteiger partial charge in [0.1, 0.15) is 23.0 Å². The summed E-state index contributed by atoms with van der Waals surface area (Å²) in [5.74, 6) is -0.243. The molecule has 0 unspecified atom stereocenters. The highest BCUT2D eigenvalue weighted by molar-refractivity contribution is 6.32. The molecule has 0 aliphatic carbocycles. The number of hydrogen-bond acceptors (Lipinski definition) is 6. The molecule has 6 nitrogen and oxygen atoms in total. The predicted molar refractivity (Wildman–Crippen MR) is 110 cm³/mol. The van der Waals surface area contributed by atoms with Gasteiger partial charge in [0.15, 0.2) is 5.41 Å². The largest absolute Gasteiger partial charge is 0.497 e. The molecule has 0 N–H and O–H groups in total. The van der Waals surface area contributed by atoms with Gasteiger partial charge in [0.2, 0.25) is 0 Å². The van der Waals surface area contributed by atoms with Crippen molar-refractivity contribution in [1.82, 2.24) is 0 Å². The second kappa shape index (κ2) is 9.85. The minimum atomic E-state index is -1.52. The van der Waals surface area contributed by atoms with Gasteiger partial charge in [-0.3, -0.25) is 9.59 Å².